The standard InChI is InChI=1S/C20H22N6O4S.C19H20N6O3S.CH4O/c1-28-14-6-3-5-13(11-14)17(29-2)18(27)22-19-24-25-20(31-19)30-15-8-10-26(12-15)16-7-4-9-21-23-16;1-27-14-5-2-4-13(10-14)11-17(26)21-18-23-24-19(29-18)28-15-7-9-25(12-15)16-6-3-8-20-22-16;1-2/h3-7,9,11,15,17H,8,10,12H2,1-2H3,(H,22,24,27);2-6,8,10,15H,7,9,11-12H2,1H3,(H,21,23,26);2H,1H3. The summed E-state index contributed by atoms with van der Waals surface area (Å²) in [5.74, 6) is 2.49. The second-order valence-corrected chi connectivity index (χ2v) is 15.2. The number of amides is 2. The van der Waals surface area contributed by atoms with Gasteiger partial charge >= 0.3 is 0 Å². The van der Waals surface area contributed by atoms with Crippen molar-refractivity contribution in [2.24, 2.45) is 0 Å². The fraction of sp³-hybridized carbons (Fsp3) is 0.350. The molecule has 3 N–H and O–H groups in total. The zero-order chi connectivity index (χ0) is 43.7. The first kappa shape index (κ1) is 44.9. The van der Waals surface area contributed by atoms with E-state index in [1.807, 2.05) is 48.5 Å². The number of nitrogens with zero attached hydrogens (tertiary/aromatic N) is 10. The number of hydrogen-bond acceptors (Lipinski definition) is 20. The zero-order valence-electron chi connectivity index (χ0n) is 34.4. The molecule has 6 aromatic rings. The summed E-state index contributed by atoms with van der Waals surface area (Å²) in [5.41, 5.74) is 1.54. The number of nitrogens with one attached hydrogen (secondary N) is 2. The molecule has 0 aliphatic carbocycles. The molecule has 8 rings (SSSR count). The first-order chi connectivity index (χ1) is 30.3. The van der Waals surface area contributed by atoms with E-state index in [1.54, 1.807) is 50.9 Å². The summed E-state index contributed by atoms with van der Waals surface area (Å²) in [6.45, 7) is 3.05. The van der Waals surface area contributed by atoms with Crippen LogP contribution in [0.5, 0.6) is 21.9 Å². The lowest BCUT2D eigenvalue weighted by atomic mass is 10.1. The van der Waals surface area contributed by atoms with Crippen LogP contribution in [-0.4, -0.2) is 125 Å². The summed E-state index contributed by atoms with van der Waals surface area (Å²) in [7, 11) is 5.64. The third-order valence-electron chi connectivity index (χ3n) is 9.25. The molecular formula is C40H46N12O8S2. The van der Waals surface area contributed by atoms with Crippen molar-refractivity contribution in [2.45, 2.75) is 37.6 Å². The number of ether oxygens (including phenoxy) is 5. The van der Waals surface area contributed by atoms with E-state index < -0.39 is 6.10 Å². The smallest absolute Gasteiger partial charge is 0.296 e. The van der Waals surface area contributed by atoms with Crippen LogP contribution in [0.15, 0.2) is 85.2 Å². The van der Waals surface area contributed by atoms with Gasteiger partial charge in [-0.2, -0.15) is 10.2 Å². The highest BCUT2D eigenvalue weighted by Gasteiger charge is 2.28. The van der Waals surface area contributed by atoms with Gasteiger partial charge in [0.05, 0.1) is 33.7 Å². The van der Waals surface area contributed by atoms with E-state index in [4.69, 9.17) is 28.8 Å². The Morgan fingerprint density at radius 3 is 1.79 bits per heavy atom. The van der Waals surface area contributed by atoms with E-state index >= 15 is 0 Å². The second kappa shape index (κ2) is 22.8. The number of aliphatic hydroxyl groups is 1. The van der Waals surface area contributed by atoms with Gasteiger partial charge < -0.3 is 43.9 Å². The average Bonchev–Trinajstić information content (AvgIpc) is 4.16. The molecule has 22 heteroatoms. The van der Waals surface area contributed by atoms with Crippen LogP contribution in [0.2, 0.25) is 0 Å². The van der Waals surface area contributed by atoms with Crippen molar-refractivity contribution < 1.29 is 38.4 Å². The van der Waals surface area contributed by atoms with Crippen LogP contribution in [0.4, 0.5) is 21.9 Å². The number of aromatic nitrogens is 8. The van der Waals surface area contributed by atoms with Crippen molar-refractivity contribution >= 4 is 56.4 Å². The van der Waals surface area contributed by atoms with Gasteiger partial charge in [-0.3, -0.25) is 14.9 Å². The molecule has 326 valence electrons. The van der Waals surface area contributed by atoms with Crippen molar-refractivity contribution in [3.8, 4) is 21.9 Å². The number of methoxy groups -OCH3 is 3. The SMILES string of the molecule is CO.COc1cccc(C(OC)C(=O)Nc2nnc(OC3CCN(c4cccnn4)C3)s2)c1.COc1cccc(CC(=O)Nc2nnc(OC3CCN(c4cccnn4)C3)s2)c1. The van der Waals surface area contributed by atoms with Crippen molar-refractivity contribution in [3.05, 3.63) is 96.3 Å². The van der Waals surface area contributed by atoms with Crippen LogP contribution in [0.3, 0.4) is 0 Å². The summed E-state index contributed by atoms with van der Waals surface area (Å²) >= 11 is 2.39. The van der Waals surface area contributed by atoms with Crippen molar-refractivity contribution in [1.82, 2.24) is 40.8 Å². The van der Waals surface area contributed by atoms with Crippen molar-refractivity contribution in [2.75, 3.05) is 75.1 Å². The Kier molecular flexibility index (Phi) is 16.5. The molecule has 2 aliphatic rings. The van der Waals surface area contributed by atoms with Gasteiger partial charge in [-0.25, -0.2) is 0 Å². The van der Waals surface area contributed by atoms with Crippen LogP contribution in [0, 0.1) is 0 Å². The molecule has 20 nitrogen and oxygen atoms in total. The fourth-order valence-electron chi connectivity index (χ4n) is 6.39. The maximum Gasteiger partial charge on any atom is 0.296 e. The third kappa shape index (κ3) is 12.7. The topological polar surface area (TPSA) is 234 Å². The first-order valence-corrected chi connectivity index (χ1v) is 20.9. The first-order valence-electron chi connectivity index (χ1n) is 19.3. The van der Waals surface area contributed by atoms with Crippen LogP contribution in [-0.2, 0) is 20.7 Å². The van der Waals surface area contributed by atoms with E-state index in [9.17, 15) is 9.59 Å². The van der Waals surface area contributed by atoms with Gasteiger partial charge in [-0.1, -0.05) is 34.5 Å². The van der Waals surface area contributed by atoms with Gasteiger partial charge in [0.1, 0.15) is 23.7 Å². The molecule has 4 aromatic heterocycles. The number of hydrogen-bond donors (Lipinski definition) is 3. The molecular weight excluding hydrogens is 841 g/mol. The minimum Gasteiger partial charge on any atom is -0.497 e. The van der Waals surface area contributed by atoms with E-state index in [2.05, 4.69) is 61.2 Å². The number of benzene rings is 2. The largest absolute Gasteiger partial charge is 0.497 e. The molecule has 3 atom stereocenters. The van der Waals surface area contributed by atoms with E-state index in [1.165, 1.54) is 29.8 Å². The molecule has 3 unspecified atom stereocenters. The summed E-state index contributed by atoms with van der Waals surface area (Å²) in [6.07, 6.45) is 4.35. The maximum atomic E-state index is 12.7. The Balaban J connectivity index is 0.000000199. The Labute approximate surface area is 365 Å². The summed E-state index contributed by atoms with van der Waals surface area (Å²) < 4.78 is 27.6. The lowest BCUT2D eigenvalue weighted by molar-refractivity contribution is -0.126. The molecule has 2 aromatic carbocycles. The minimum atomic E-state index is -0.807. The number of anilines is 4. The molecule has 0 spiro atoms. The quantitative estimate of drug-likeness (QED) is 0.132. The van der Waals surface area contributed by atoms with Crippen LogP contribution in [0.25, 0.3) is 0 Å². The molecule has 0 saturated carbocycles. The average molecular weight is 887 g/mol. The Bertz CT molecular complexity index is 2310. The van der Waals surface area contributed by atoms with Crippen LogP contribution < -0.4 is 39.4 Å². The molecule has 0 bridgehead atoms. The normalized spacial score (nSPS) is 15.9. The van der Waals surface area contributed by atoms with Gasteiger partial charge in [0, 0.05) is 52.5 Å². The highest BCUT2D eigenvalue weighted by molar-refractivity contribution is 7.17. The Hall–Kier alpha value is -6.62. The molecule has 0 radical (unpaired) electrons. The fourth-order valence-corrected chi connectivity index (χ4v) is 7.73. The van der Waals surface area contributed by atoms with Gasteiger partial charge in [0.25, 0.3) is 16.3 Å². The second-order valence-electron chi connectivity index (χ2n) is 13.3. The zero-order valence-corrected chi connectivity index (χ0v) is 36.0. The molecule has 2 amide bonds. The summed E-state index contributed by atoms with van der Waals surface area (Å²) in [4.78, 5) is 29.2. The van der Waals surface area contributed by atoms with Gasteiger partial charge in [0.15, 0.2) is 17.7 Å². The number of carbonyl (C=O) groups is 2. The van der Waals surface area contributed by atoms with Crippen LogP contribution >= 0.6 is 22.7 Å². The number of aliphatic hydroxyl groups excluding tert-OH is 1. The lowest BCUT2D eigenvalue weighted by Crippen LogP contribution is -2.25. The maximum absolute atomic E-state index is 12.7. The van der Waals surface area contributed by atoms with E-state index in [0.29, 0.717) is 50.8 Å². The van der Waals surface area contributed by atoms with Gasteiger partial charge in [0.2, 0.25) is 16.2 Å². The molecule has 62 heavy (non-hydrogen) atoms. The Morgan fingerprint density at radius 2 is 1.26 bits per heavy atom. The van der Waals surface area contributed by atoms with E-state index in [-0.39, 0.29) is 30.4 Å². The lowest BCUT2D eigenvalue weighted by Gasteiger charge is -2.16. The monoisotopic (exact) mass is 886 g/mol. The highest BCUT2D eigenvalue weighted by atomic mass is 32.1. The van der Waals surface area contributed by atoms with Gasteiger partial charge in [-0.15, -0.1) is 20.4 Å². The predicted octanol–water partition coefficient (Wildman–Crippen LogP) is 4.10. The van der Waals surface area contributed by atoms with Crippen LogP contribution in [0.1, 0.15) is 30.1 Å². The van der Waals surface area contributed by atoms with Crippen molar-refractivity contribution in [1.29, 1.82) is 0 Å². The van der Waals surface area contributed by atoms with Crippen molar-refractivity contribution in [3.63, 3.8) is 0 Å². The Morgan fingerprint density at radius 1 is 0.710 bits per heavy atom. The number of carbonyl (C=O) groups excluding carboxylic acids is 2. The number of rotatable bonds is 15. The third-order valence-corrected chi connectivity index (χ3v) is 10.7. The molecule has 6 heterocycles. The summed E-state index contributed by atoms with van der Waals surface area (Å²) in [5, 5.41) is 46.3. The summed E-state index contributed by atoms with van der Waals surface area (Å²) in [6, 6.07) is 22.1. The highest BCUT2D eigenvalue weighted by Crippen LogP contribution is 2.30. The van der Waals surface area contributed by atoms with E-state index in [0.717, 1.165) is 50.2 Å². The molecule has 2 fully saturated rings. The predicted molar refractivity (Wildman–Crippen MR) is 231 cm³/mol. The minimum absolute atomic E-state index is 0.00899. The molecule has 2 aliphatic heterocycles. The molecule has 2 saturated heterocycles. The van der Waals surface area contributed by atoms with Gasteiger partial charge in [-0.05, 0) is 82.3 Å².